The number of rotatable bonds is 3. The molecule has 1 aliphatic carbocycles. The van der Waals surface area contributed by atoms with E-state index in [1.807, 2.05) is 19.1 Å². The van der Waals surface area contributed by atoms with Crippen LogP contribution in [0, 0.1) is 0 Å². The smallest absolute Gasteiger partial charge is 0.194 e. The summed E-state index contributed by atoms with van der Waals surface area (Å²) in [5.41, 5.74) is 1.02. The fourth-order valence-electron chi connectivity index (χ4n) is 3.38. The standard InChI is InChI=1S/C16H22O5/c1-15(20-8-9-21-15)16(17)7-6-11-12(10-16)14(19-3)5-4-13(11)18-2/h4-5,17H,6-10H2,1-3H3/t16-/m1/s1. The summed E-state index contributed by atoms with van der Waals surface area (Å²) in [7, 11) is 3.30. The van der Waals surface area contributed by atoms with Crippen LogP contribution in [0.5, 0.6) is 11.5 Å². The number of benzene rings is 1. The Morgan fingerprint density at radius 2 is 1.62 bits per heavy atom. The number of fused-ring (bicyclic) bond motifs is 1. The van der Waals surface area contributed by atoms with Gasteiger partial charge in [0.25, 0.3) is 0 Å². The third kappa shape index (κ3) is 2.20. The van der Waals surface area contributed by atoms with Crippen LogP contribution in [0.2, 0.25) is 0 Å². The number of methoxy groups -OCH3 is 2. The molecule has 5 nitrogen and oxygen atoms in total. The molecule has 0 saturated carbocycles. The summed E-state index contributed by atoms with van der Waals surface area (Å²) in [5, 5.41) is 11.1. The molecule has 0 radical (unpaired) electrons. The van der Waals surface area contributed by atoms with Gasteiger partial charge in [0.2, 0.25) is 0 Å². The molecule has 1 N–H and O–H groups in total. The number of ether oxygens (including phenoxy) is 4. The Labute approximate surface area is 124 Å². The topological polar surface area (TPSA) is 57.2 Å². The molecule has 0 amide bonds. The summed E-state index contributed by atoms with van der Waals surface area (Å²) in [6.45, 7) is 2.85. The van der Waals surface area contributed by atoms with Crippen molar-refractivity contribution in [3.63, 3.8) is 0 Å². The maximum atomic E-state index is 11.1. The lowest BCUT2D eigenvalue weighted by atomic mass is 9.75. The Hall–Kier alpha value is -1.30. The van der Waals surface area contributed by atoms with Gasteiger partial charge >= 0.3 is 0 Å². The van der Waals surface area contributed by atoms with E-state index in [2.05, 4.69) is 0 Å². The summed E-state index contributed by atoms with van der Waals surface area (Å²) < 4.78 is 22.3. The largest absolute Gasteiger partial charge is 0.496 e. The first-order valence-corrected chi connectivity index (χ1v) is 7.26. The van der Waals surface area contributed by atoms with Gasteiger partial charge in [-0.25, -0.2) is 0 Å². The van der Waals surface area contributed by atoms with Crippen molar-refractivity contribution in [1.29, 1.82) is 0 Å². The van der Waals surface area contributed by atoms with Gasteiger partial charge in [-0.1, -0.05) is 0 Å². The van der Waals surface area contributed by atoms with E-state index in [1.165, 1.54) is 0 Å². The van der Waals surface area contributed by atoms with Crippen molar-refractivity contribution in [2.45, 2.75) is 37.6 Å². The zero-order valence-electron chi connectivity index (χ0n) is 12.8. The van der Waals surface area contributed by atoms with Crippen LogP contribution in [0.3, 0.4) is 0 Å². The van der Waals surface area contributed by atoms with E-state index in [9.17, 15) is 5.11 Å². The molecule has 21 heavy (non-hydrogen) atoms. The molecule has 1 aliphatic heterocycles. The summed E-state index contributed by atoms with van der Waals surface area (Å²) in [5.74, 6) is 0.649. The van der Waals surface area contributed by atoms with Crippen LogP contribution in [0.1, 0.15) is 24.5 Å². The molecule has 116 valence electrons. The van der Waals surface area contributed by atoms with Crippen LogP contribution < -0.4 is 9.47 Å². The molecule has 5 heteroatoms. The maximum Gasteiger partial charge on any atom is 0.194 e. The molecule has 1 atom stereocenters. The fourth-order valence-corrected chi connectivity index (χ4v) is 3.38. The van der Waals surface area contributed by atoms with Gasteiger partial charge in [-0.15, -0.1) is 0 Å². The highest BCUT2D eigenvalue weighted by Gasteiger charge is 2.53. The lowest BCUT2D eigenvalue weighted by Crippen LogP contribution is -2.56. The molecule has 0 bridgehead atoms. The molecular formula is C16H22O5. The molecule has 1 heterocycles. The minimum atomic E-state index is -1.06. The SMILES string of the molecule is COc1ccc(OC)c2c1CC[C@](O)(C1(C)OCCO1)C2. The molecule has 1 aromatic carbocycles. The normalized spacial score (nSPS) is 27.2. The highest BCUT2D eigenvalue weighted by atomic mass is 16.7. The highest BCUT2D eigenvalue weighted by molar-refractivity contribution is 5.51. The zero-order valence-corrected chi connectivity index (χ0v) is 12.8. The van der Waals surface area contributed by atoms with Crippen LogP contribution in [-0.2, 0) is 22.3 Å². The van der Waals surface area contributed by atoms with E-state index in [0.29, 0.717) is 32.5 Å². The predicted octanol–water partition coefficient (Wildman–Crippen LogP) is 1.69. The molecule has 1 fully saturated rings. The van der Waals surface area contributed by atoms with Crippen molar-refractivity contribution in [3.05, 3.63) is 23.3 Å². The van der Waals surface area contributed by atoms with Gasteiger partial charge in [-0.2, -0.15) is 0 Å². The minimum absolute atomic E-state index is 0.430. The van der Waals surface area contributed by atoms with Gasteiger partial charge in [0.1, 0.15) is 17.1 Å². The maximum absolute atomic E-state index is 11.1. The van der Waals surface area contributed by atoms with Gasteiger partial charge in [0.05, 0.1) is 27.4 Å². The monoisotopic (exact) mass is 294 g/mol. The molecular weight excluding hydrogens is 272 g/mol. The van der Waals surface area contributed by atoms with Crippen LogP contribution in [0.15, 0.2) is 12.1 Å². The zero-order chi connectivity index (χ0) is 15.1. The van der Waals surface area contributed by atoms with Crippen molar-refractivity contribution in [1.82, 2.24) is 0 Å². The first-order valence-electron chi connectivity index (χ1n) is 7.26. The Balaban J connectivity index is 2.01. The first kappa shape index (κ1) is 14.6. The Bertz CT molecular complexity index is 536. The van der Waals surface area contributed by atoms with E-state index in [4.69, 9.17) is 18.9 Å². The number of aliphatic hydroxyl groups is 1. The average Bonchev–Trinajstić information content (AvgIpc) is 2.94. The molecule has 1 aromatic rings. The second-order valence-corrected chi connectivity index (χ2v) is 5.78. The van der Waals surface area contributed by atoms with Crippen LogP contribution in [0.25, 0.3) is 0 Å². The fraction of sp³-hybridized carbons (Fsp3) is 0.625. The van der Waals surface area contributed by atoms with E-state index in [1.54, 1.807) is 14.2 Å². The number of hydrogen-bond donors (Lipinski definition) is 1. The Kier molecular flexibility index (Phi) is 3.59. The predicted molar refractivity (Wildman–Crippen MR) is 76.8 cm³/mol. The average molecular weight is 294 g/mol. The van der Waals surface area contributed by atoms with Crippen molar-refractivity contribution in [2.75, 3.05) is 27.4 Å². The third-order valence-electron chi connectivity index (χ3n) is 4.73. The second-order valence-electron chi connectivity index (χ2n) is 5.78. The lowest BCUT2D eigenvalue weighted by molar-refractivity contribution is -0.262. The van der Waals surface area contributed by atoms with E-state index in [0.717, 1.165) is 22.6 Å². The van der Waals surface area contributed by atoms with Crippen molar-refractivity contribution in [2.24, 2.45) is 0 Å². The lowest BCUT2D eigenvalue weighted by Gasteiger charge is -2.44. The minimum Gasteiger partial charge on any atom is -0.496 e. The quantitative estimate of drug-likeness (QED) is 0.919. The summed E-state index contributed by atoms with van der Waals surface area (Å²) in [6, 6.07) is 3.79. The van der Waals surface area contributed by atoms with E-state index < -0.39 is 11.4 Å². The van der Waals surface area contributed by atoms with Crippen LogP contribution >= 0.6 is 0 Å². The molecule has 0 spiro atoms. The van der Waals surface area contributed by atoms with Crippen LogP contribution in [0.4, 0.5) is 0 Å². The molecule has 2 aliphatic rings. The Morgan fingerprint density at radius 3 is 2.19 bits per heavy atom. The molecule has 1 saturated heterocycles. The summed E-state index contributed by atoms with van der Waals surface area (Å²) in [4.78, 5) is 0. The summed E-state index contributed by atoms with van der Waals surface area (Å²) in [6.07, 6.45) is 1.70. The molecule has 0 aromatic heterocycles. The van der Waals surface area contributed by atoms with Crippen molar-refractivity contribution >= 4 is 0 Å². The van der Waals surface area contributed by atoms with Gasteiger partial charge in [-0.3, -0.25) is 0 Å². The summed E-state index contributed by atoms with van der Waals surface area (Å²) >= 11 is 0. The van der Waals surface area contributed by atoms with Crippen molar-refractivity contribution < 1.29 is 24.1 Å². The van der Waals surface area contributed by atoms with E-state index >= 15 is 0 Å². The first-order chi connectivity index (χ1) is 10.0. The van der Waals surface area contributed by atoms with Gasteiger partial charge in [0.15, 0.2) is 5.79 Å². The second kappa shape index (κ2) is 5.16. The van der Waals surface area contributed by atoms with Gasteiger partial charge in [0, 0.05) is 17.5 Å². The van der Waals surface area contributed by atoms with E-state index in [-0.39, 0.29) is 0 Å². The number of hydrogen-bond acceptors (Lipinski definition) is 5. The molecule has 0 unspecified atom stereocenters. The molecule has 3 rings (SSSR count). The van der Waals surface area contributed by atoms with Gasteiger partial charge < -0.3 is 24.1 Å². The van der Waals surface area contributed by atoms with Crippen molar-refractivity contribution in [3.8, 4) is 11.5 Å². The van der Waals surface area contributed by atoms with Crippen LogP contribution in [-0.4, -0.2) is 43.9 Å². The Morgan fingerprint density at radius 1 is 1.05 bits per heavy atom. The third-order valence-corrected chi connectivity index (χ3v) is 4.73. The highest BCUT2D eigenvalue weighted by Crippen LogP contribution is 2.45. The van der Waals surface area contributed by atoms with Gasteiger partial charge in [-0.05, 0) is 31.9 Å².